The lowest BCUT2D eigenvalue weighted by atomic mass is 10.0. The van der Waals surface area contributed by atoms with Gasteiger partial charge in [-0.05, 0) is 20.3 Å². The van der Waals surface area contributed by atoms with Gasteiger partial charge in [0.15, 0.2) is 5.03 Å². The van der Waals surface area contributed by atoms with Crippen LogP contribution >= 0.6 is 0 Å². The van der Waals surface area contributed by atoms with Gasteiger partial charge in [-0.3, -0.25) is 5.10 Å². The Labute approximate surface area is 106 Å². The smallest absolute Gasteiger partial charge is 0.260 e. The zero-order valence-electron chi connectivity index (χ0n) is 10.4. The molecule has 0 saturated carbocycles. The normalized spacial score (nSPS) is 24.6. The highest BCUT2D eigenvalue weighted by Gasteiger charge is 2.36. The number of hydrogen-bond acceptors (Lipinski definition) is 5. The second-order valence-electron chi connectivity index (χ2n) is 4.76. The van der Waals surface area contributed by atoms with Gasteiger partial charge < -0.3 is 9.84 Å². The molecule has 3 N–H and O–H groups in total. The minimum Gasteiger partial charge on any atom is -0.392 e. The van der Waals surface area contributed by atoms with Crippen LogP contribution in [0, 0.1) is 6.92 Å². The summed E-state index contributed by atoms with van der Waals surface area (Å²) in [6.45, 7) is 3.95. The molecule has 0 aliphatic carbocycles. The number of aryl methyl sites for hydroxylation is 1. The Kier molecular flexibility index (Phi) is 3.45. The first-order chi connectivity index (χ1) is 8.38. The van der Waals surface area contributed by atoms with Gasteiger partial charge in [-0.2, -0.15) is 5.10 Å². The minimum absolute atomic E-state index is 0.143. The fourth-order valence-electron chi connectivity index (χ4n) is 1.96. The number of aromatic amines is 1. The van der Waals surface area contributed by atoms with Crippen molar-refractivity contribution in [3.05, 3.63) is 11.3 Å². The van der Waals surface area contributed by atoms with Crippen molar-refractivity contribution >= 4 is 10.0 Å². The number of ether oxygens (including phenoxy) is 1. The molecule has 2 rings (SSSR count). The fourth-order valence-corrected chi connectivity index (χ4v) is 3.57. The summed E-state index contributed by atoms with van der Waals surface area (Å²) in [7, 11) is -3.76. The van der Waals surface area contributed by atoms with Crippen LogP contribution in [0.25, 0.3) is 0 Å². The first-order valence-electron chi connectivity index (χ1n) is 5.64. The molecule has 0 radical (unpaired) electrons. The molecule has 1 aromatic rings. The summed E-state index contributed by atoms with van der Waals surface area (Å²) in [5, 5.41) is 15.4. The lowest BCUT2D eigenvalue weighted by Gasteiger charge is -2.22. The maximum atomic E-state index is 12.2. The average Bonchev–Trinajstić information content (AvgIpc) is 2.84. The van der Waals surface area contributed by atoms with E-state index in [9.17, 15) is 13.5 Å². The summed E-state index contributed by atoms with van der Waals surface area (Å²) in [6.07, 6.45) is 0.615. The largest absolute Gasteiger partial charge is 0.392 e. The van der Waals surface area contributed by atoms with Gasteiger partial charge in [0.2, 0.25) is 0 Å². The molecule has 0 spiro atoms. The van der Waals surface area contributed by atoms with Gasteiger partial charge in [-0.15, -0.1) is 0 Å². The quantitative estimate of drug-likeness (QED) is 0.698. The third kappa shape index (κ3) is 2.41. The number of aromatic nitrogens is 2. The van der Waals surface area contributed by atoms with Crippen molar-refractivity contribution in [3.63, 3.8) is 0 Å². The lowest BCUT2D eigenvalue weighted by molar-refractivity contribution is 0.178. The molecule has 18 heavy (non-hydrogen) atoms. The van der Waals surface area contributed by atoms with Crippen molar-refractivity contribution in [1.82, 2.24) is 14.9 Å². The van der Waals surface area contributed by atoms with Crippen molar-refractivity contribution in [3.8, 4) is 0 Å². The molecule has 1 aromatic heterocycles. The number of H-pyrrole nitrogens is 1. The highest BCUT2D eigenvalue weighted by Crippen LogP contribution is 2.23. The Balaban J connectivity index is 2.30. The monoisotopic (exact) mass is 275 g/mol. The van der Waals surface area contributed by atoms with Gasteiger partial charge in [0, 0.05) is 17.9 Å². The Bertz CT molecular complexity index is 531. The predicted molar refractivity (Wildman–Crippen MR) is 63.4 cm³/mol. The van der Waals surface area contributed by atoms with Crippen molar-refractivity contribution in [2.75, 3.05) is 13.2 Å². The van der Waals surface area contributed by atoms with Crippen molar-refractivity contribution in [1.29, 1.82) is 0 Å². The van der Waals surface area contributed by atoms with Crippen LogP contribution in [0.2, 0.25) is 0 Å². The minimum atomic E-state index is -3.76. The molecule has 1 atom stereocenters. The van der Waals surface area contributed by atoms with E-state index >= 15 is 0 Å². The SMILES string of the molecule is Cc1[nH]nc(S(=O)(=O)NC2(C)CCOC2)c1CO. The summed E-state index contributed by atoms with van der Waals surface area (Å²) in [5.41, 5.74) is 0.231. The Morgan fingerprint density at radius 3 is 2.89 bits per heavy atom. The number of sulfonamides is 1. The molecule has 0 amide bonds. The second-order valence-corrected chi connectivity index (χ2v) is 6.36. The van der Waals surface area contributed by atoms with Gasteiger partial charge in [0.05, 0.1) is 18.8 Å². The van der Waals surface area contributed by atoms with E-state index in [1.54, 1.807) is 13.8 Å². The zero-order chi connectivity index (χ0) is 13.4. The van der Waals surface area contributed by atoms with Gasteiger partial charge in [0.1, 0.15) is 0 Å². The third-order valence-electron chi connectivity index (χ3n) is 3.05. The molecule has 1 aliphatic heterocycles. The number of aliphatic hydroxyl groups is 1. The molecule has 102 valence electrons. The van der Waals surface area contributed by atoms with E-state index in [2.05, 4.69) is 14.9 Å². The first-order valence-corrected chi connectivity index (χ1v) is 7.13. The number of nitrogens with one attached hydrogen (secondary N) is 2. The van der Waals surface area contributed by atoms with E-state index < -0.39 is 15.6 Å². The predicted octanol–water partition coefficient (Wildman–Crippen LogP) is -0.332. The van der Waals surface area contributed by atoms with E-state index in [0.29, 0.717) is 30.9 Å². The molecule has 1 saturated heterocycles. The summed E-state index contributed by atoms with van der Waals surface area (Å²) in [5.74, 6) is 0. The molecular weight excluding hydrogens is 258 g/mol. The van der Waals surface area contributed by atoms with Crippen LogP contribution in [-0.2, 0) is 21.4 Å². The summed E-state index contributed by atoms with van der Waals surface area (Å²) < 4.78 is 32.2. The zero-order valence-corrected chi connectivity index (χ0v) is 11.2. The van der Waals surface area contributed by atoms with Crippen LogP contribution in [0.15, 0.2) is 5.03 Å². The van der Waals surface area contributed by atoms with Crippen LogP contribution < -0.4 is 4.72 Å². The molecule has 2 heterocycles. The molecule has 0 aromatic carbocycles. The standard InChI is InChI=1S/C10H17N3O4S/c1-7-8(5-14)9(12-11-7)18(15,16)13-10(2)3-4-17-6-10/h13-14H,3-6H2,1-2H3,(H,11,12). The number of nitrogens with zero attached hydrogens (tertiary/aromatic N) is 1. The molecule has 0 bridgehead atoms. The third-order valence-corrected chi connectivity index (χ3v) is 4.66. The van der Waals surface area contributed by atoms with E-state index in [4.69, 9.17) is 4.74 Å². The van der Waals surface area contributed by atoms with Gasteiger partial charge in [-0.25, -0.2) is 13.1 Å². The molecular formula is C10H17N3O4S. The molecule has 1 unspecified atom stereocenters. The van der Waals surface area contributed by atoms with Crippen molar-refractivity contribution < 1.29 is 18.3 Å². The molecule has 1 fully saturated rings. The van der Waals surface area contributed by atoms with Crippen LogP contribution in [0.5, 0.6) is 0 Å². The Morgan fingerprint density at radius 1 is 1.61 bits per heavy atom. The summed E-state index contributed by atoms with van der Waals surface area (Å²) >= 11 is 0. The Morgan fingerprint density at radius 2 is 2.33 bits per heavy atom. The highest BCUT2D eigenvalue weighted by atomic mass is 32.2. The van der Waals surface area contributed by atoms with E-state index in [1.165, 1.54) is 0 Å². The van der Waals surface area contributed by atoms with E-state index in [-0.39, 0.29) is 11.6 Å². The molecule has 1 aliphatic rings. The van der Waals surface area contributed by atoms with Gasteiger partial charge >= 0.3 is 0 Å². The maximum Gasteiger partial charge on any atom is 0.260 e. The first kappa shape index (κ1) is 13.5. The van der Waals surface area contributed by atoms with Crippen LogP contribution in [-0.4, -0.2) is 42.5 Å². The topological polar surface area (TPSA) is 104 Å². The summed E-state index contributed by atoms with van der Waals surface area (Å²) in [6, 6.07) is 0. The lowest BCUT2D eigenvalue weighted by Crippen LogP contribution is -2.46. The molecule has 7 nitrogen and oxygen atoms in total. The second kappa shape index (κ2) is 4.61. The number of hydrogen-bond donors (Lipinski definition) is 3. The van der Waals surface area contributed by atoms with Crippen LogP contribution in [0.1, 0.15) is 24.6 Å². The highest BCUT2D eigenvalue weighted by molar-refractivity contribution is 7.89. The van der Waals surface area contributed by atoms with Crippen LogP contribution in [0.3, 0.4) is 0 Å². The average molecular weight is 275 g/mol. The summed E-state index contributed by atoms with van der Waals surface area (Å²) in [4.78, 5) is 0. The van der Waals surface area contributed by atoms with Crippen molar-refractivity contribution in [2.24, 2.45) is 0 Å². The maximum absolute atomic E-state index is 12.2. The van der Waals surface area contributed by atoms with Gasteiger partial charge in [-0.1, -0.05) is 0 Å². The van der Waals surface area contributed by atoms with Crippen molar-refractivity contribution in [2.45, 2.75) is 37.4 Å². The van der Waals surface area contributed by atoms with Crippen LogP contribution in [0.4, 0.5) is 0 Å². The van der Waals surface area contributed by atoms with Gasteiger partial charge in [0.25, 0.3) is 10.0 Å². The Hall–Kier alpha value is -0.960. The molecule has 8 heteroatoms. The van der Waals surface area contributed by atoms with E-state index in [0.717, 1.165) is 0 Å². The number of rotatable bonds is 4. The van der Waals surface area contributed by atoms with E-state index in [1.807, 2.05) is 0 Å². The fraction of sp³-hybridized carbons (Fsp3) is 0.700. The number of aliphatic hydroxyl groups excluding tert-OH is 1.